The molecule has 0 atom stereocenters. The molecule has 2 aromatic heterocycles. The first-order valence-corrected chi connectivity index (χ1v) is 6.88. The zero-order valence-corrected chi connectivity index (χ0v) is 11.9. The average Bonchev–Trinajstić information content (AvgIpc) is 3.17. The summed E-state index contributed by atoms with van der Waals surface area (Å²) in [7, 11) is 1.66. The number of anilines is 1. The van der Waals surface area contributed by atoms with Crippen LogP contribution in [0.5, 0.6) is 0 Å². The lowest BCUT2D eigenvalue weighted by Gasteiger charge is -2.09. The monoisotopic (exact) mass is 274 g/mol. The summed E-state index contributed by atoms with van der Waals surface area (Å²) < 4.78 is 1.41. The summed E-state index contributed by atoms with van der Waals surface area (Å²) in [6.07, 6.45) is 1.90. The van der Waals surface area contributed by atoms with Gasteiger partial charge >= 0.3 is 0 Å². The van der Waals surface area contributed by atoms with Gasteiger partial charge in [-0.2, -0.15) is 0 Å². The molecule has 0 unspecified atom stereocenters. The van der Waals surface area contributed by atoms with E-state index in [0.29, 0.717) is 16.9 Å². The van der Waals surface area contributed by atoms with Crippen molar-refractivity contribution < 1.29 is 4.79 Å². The number of carbonyl (C=O) groups excluding carboxylic acids is 1. The Bertz CT molecular complexity index is 737. The zero-order chi connectivity index (χ0) is 14.4. The maximum atomic E-state index is 12.1. The van der Waals surface area contributed by atoms with Gasteiger partial charge < -0.3 is 5.32 Å². The van der Waals surface area contributed by atoms with Crippen LogP contribution in [-0.4, -0.2) is 20.7 Å². The molecule has 2 N–H and O–H groups in total. The van der Waals surface area contributed by atoms with Crippen LogP contribution >= 0.6 is 0 Å². The molecule has 106 valence electrons. The van der Waals surface area contributed by atoms with Crippen molar-refractivity contribution in [2.24, 2.45) is 13.0 Å². The molecule has 0 bridgehead atoms. The van der Waals surface area contributed by atoms with Crippen molar-refractivity contribution in [1.29, 1.82) is 0 Å². The number of hydrogen-bond acceptors (Lipinski definition) is 3. The van der Waals surface area contributed by atoms with E-state index in [1.54, 1.807) is 7.05 Å². The van der Waals surface area contributed by atoms with E-state index in [9.17, 15) is 9.59 Å². The van der Waals surface area contributed by atoms with Crippen LogP contribution < -0.4 is 10.9 Å². The number of fused-ring (bicyclic) bond motifs is 1. The smallest absolute Gasteiger partial charge is 0.276 e. The van der Waals surface area contributed by atoms with Crippen LogP contribution in [0.4, 0.5) is 5.82 Å². The normalized spacial score (nSPS) is 15.0. The minimum absolute atomic E-state index is 0.0184. The molecule has 1 saturated carbocycles. The number of hydrogen-bond donors (Lipinski definition) is 2. The SMILES string of the molecule is CC(C)c1cc(NC(=O)C2CC2)nc2[nH]n(C)c(=O)c12. The van der Waals surface area contributed by atoms with Crippen LogP contribution in [0.2, 0.25) is 0 Å². The summed E-state index contributed by atoms with van der Waals surface area (Å²) in [6.45, 7) is 4.04. The summed E-state index contributed by atoms with van der Waals surface area (Å²) in [4.78, 5) is 28.3. The Hall–Kier alpha value is -2.11. The number of nitrogens with one attached hydrogen (secondary N) is 2. The van der Waals surface area contributed by atoms with Gasteiger partial charge in [-0.3, -0.25) is 19.4 Å². The van der Waals surface area contributed by atoms with Gasteiger partial charge in [0.1, 0.15) is 5.82 Å². The quantitative estimate of drug-likeness (QED) is 0.894. The number of pyridine rings is 1. The van der Waals surface area contributed by atoms with Gasteiger partial charge in [-0.15, -0.1) is 0 Å². The Morgan fingerprint density at radius 3 is 2.80 bits per heavy atom. The van der Waals surface area contributed by atoms with Crippen molar-refractivity contribution in [1.82, 2.24) is 14.8 Å². The van der Waals surface area contributed by atoms with Gasteiger partial charge in [0, 0.05) is 13.0 Å². The Morgan fingerprint density at radius 1 is 1.50 bits per heavy atom. The van der Waals surface area contributed by atoms with Crippen molar-refractivity contribution >= 4 is 22.8 Å². The molecule has 1 fully saturated rings. The second-order valence-corrected chi connectivity index (χ2v) is 5.71. The molecule has 1 amide bonds. The number of aryl methyl sites for hydroxylation is 1. The van der Waals surface area contributed by atoms with Crippen LogP contribution in [0.3, 0.4) is 0 Å². The number of nitrogens with zero attached hydrogens (tertiary/aromatic N) is 2. The lowest BCUT2D eigenvalue weighted by molar-refractivity contribution is -0.117. The van der Waals surface area contributed by atoms with E-state index in [0.717, 1.165) is 18.4 Å². The maximum absolute atomic E-state index is 12.1. The second kappa shape index (κ2) is 4.47. The maximum Gasteiger partial charge on any atom is 0.276 e. The first-order valence-electron chi connectivity index (χ1n) is 6.88. The lowest BCUT2D eigenvalue weighted by atomic mass is 10.0. The van der Waals surface area contributed by atoms with Gasteiger partial charge in [0.25, 0.3) is 5.56 Å². The van der Waals surface area contributed by atoms with E-state index in [1.165, 1.54) is 4.68 Å². The Morgan fingerprint density at radius 2 is 2.20 bits per heavy atom. The van der Waals surface area contributed by atoms with E-state index in [2.05, 4.69) is 15.4 Å². The standard InChI is InChI=1S/C14H18N4O2/c1-7(2)9-6-10(16-13(19)8-4-5-8)15-12-11(9)14(20)18(3)17-12/h6-8H,4-5H2,1-3H3,(H2,15,16,17,19). The van der Waals surface area contributed by atoms with Crippen molar-refractivity contribution in [3.63, 3.8) is 0 Å². The Labute approximate surface area is 116 Å². The molecule has 6 heteroatoms. The molecule has 20 heavy (non-hydrogen) atoms. The molecule has 0 radical (unpaired) electrons. The van der Waals surface area contributed by atoms with Crippen molar-refractivity contribution in [3.05, 3.63) is 22.0 Å². The third-order valence-corrected chi connectivity index (χ3v) is 3.66. The summed E-state index contributed by atoms with van der Waals surface area (Å²) in [5.41, 5.74) is 1.34. The minimum atomic E-state index is -0.0868. The molecule has 1 aliphatic rings. The van der Waals surface area contributed by atoms with Crippen molar-refractivity contribution in [2.45, 2.75) is 32.6 Å². The van der Waals surface area contributed by atoms with E-state index in [-0.39, 0.29) is 23.3 Å². The highest BCUT2D eigenvalue weighted by Gasteiger charge is 2.30. The molecule has 1 aliphatic carbocycles. The van der Waals surface area contributed by atoms with E-state index in [1.807, 2.05) is 19.9 Å². The van der Waals surface area contributed by atoms with Crippen molar-refractivity contribution in [3.8, 4) is 0 Å². The molecule has 2 aromatic rings. The molecular weight excluding hydrogens is 256 g/mol. The fourth-order valence-electron chi connectivity index (χ4n) is 2.34. The first kappa shape index (κ1) is 12.9. The summed E-state index contributed by atoms with van der Waals surface area (Å²) >= 11 is 0. The summed E-state index contributed by atoms with van der Waals surface area (Å²) in [5.74, 6) is 0.843. The van der Waals surface area contributed by atoms with Crippen LogP contribution in [-0.2, 0) is 11.8 Å². The topological polar surface area (TPSA) is 79.8 Å². The average molecular weight is 274 g/mol. The minimum Gasteiger partial charge on any atom is -0.310 e. The predicted octanol–water partition coefficient (Wildman–Crippen LogP) is 1.73. The highest BCUT2D eigenvalue weighted by atomic mass is 16.2. The first-order chi connectivity index (χ1) is 9.47. The molecule has 2 heterocycles. The van der Waals surface area contributed by atoms with Crippen molar-refractivity contribution in [2.75, 3.05) is 5.32 Å². The van der Waals surface area contributed by atoms with Gasteiger partial charge in [0.2, 0.25) is 5.91 Å². The summed E-state index contributed by atoms with van der Waals surface area (Å²) in [5, 5.41) is 6.36. The van der Waals surface area contributed by atoms with Crippen LogP contribution in [0, 0.1) is 5.92 Å². The summed E-state index contributed by atoms with van der Waals surface area (Å²) in [6, 6.07) is 1.81. The Kier molecular flexibility index (Phi) is 2.88. The Balaban J connectivity index is 2.10. The fourth-order valence-corrected chi connectivity index (χ4v) is 2.34. The number of amides is 1. The van der Waals surface area contributed by atoms with Gasteiger partial charge in [0.15, 0.2) is 5.65 Å². The lowest BCUT2D eigenvalue weighted by Crippen LogP contribution is -2.15. The number of aromatic amines is 1. The third kappa shape index (κ3) is 2.11. The number of H-pyrrole nitrogens is 1. The number of rotatable bonds is 3. The van der Waals surface area contributed by atoms with Gasteiger partial charge in [0.05, 0.1) is 5.39 Å². The number of aromatic nitrogens is 3. The molecule has 0 aliphatic heterocycles. The molecule has 6 nitrogen and oxygen atoms in total. The van der Waals surface area contributed by atoms with E-state index >= 15 is 0 Å². The molecule has 0 saturated heterocycles. The van der Waals surface area contributed by atoms with Gasteiger partial charge in [-0.05, 0) is 30.4 Å². The van der Waals surface area contributed by atoms with Crippen LogP contribution in [0.25, 0.3) is 11.0 Å². The third-order valence-electron chi connectivity index (χ3n) is 3.66. The van der Waals surface area contributed by atoms with Crippen LogP contribution in [0.1, 0.15) is 38.2 Å². The predicted molar refractivity (Wildman–Crippen MR) is 76.8 cm³/mol. The van der Waals surface area contributed by atoms with Gasteiger partial charge in [-0.1, -0.05) is 13.8 Å². The molecule has 0 spiro atoms. The molecular formula is C14H18N4O2. The van der Waals surface area contributed by atoms with E-state index < -0.39 is 0 Å². The second-order valence-electron chi connectivity index (χ2n) is 5.71. The molecule has 0 aromatic carbocycles. The van der Waals surface area contributed by atoms with E-state index in [4.69, 9.17) is 0 Å². The van der Waals surface area contributed by atoms with Crippen LogP contribution in [0.15, 0.2) is 10.9 Å². The zero-order valence-electron chi connectivity index (χ0n) is 11.9. The highest BCUT2D eigenvalue weighted by Crippen LogP contribution is 2.31. The number of carbonyl (C=O) groups is 1. The largest absolute Gasteiger partial charge is 0.310 e. The highest BCUT2D eigenvalue weighted by molar-refractivity contribution is 5.94. The fraction of sp³-hybridized carbons (Fsp3) is 0.500. The van der Waals surface area contributed by atoms with Gasteiger partial charge in [-0.25, -0.2) is 4.98 Å². The molecule has 3 rings (SSSR count).